The molecule has 134 valence electrons. The van der Waals surface area contributed by atoms with Crippen LogP contribution in [0.4, 0.5) is 0 Å². The largest absolute Gasteiger partial charge is 0.616 e. The molecule has 14 heteroatoms. The molecule has 1 unspecified atom stereocenters. The standard InChI is InChI=1S/C10H14N4O9S/c1-6(15)11-7(9(17)18)2-24(23)3-8(16)12-4-10(5-12,13(19)20)14(21)22/h7H,2-5H2,1H3,(H,11,15)(H,17,18)/t7-,24?/m0/s1. The molecule has 2 atom stereocenters. The number of carboxylic acid groups (broad SMARTS) is 1. The summed E-state index contributed by atoms with van der Waals surface area (Å²) in [6, 6.07) is -1.45. The summed E-state index contributed by atoms with van der Waals surface area (Å²) in [5.74, 6) is -4.12. The molecule has 0 radical (unpaired) electrons. The quantitative estimate of drug-likeness (QED) is 0.200. The van der Waals surface area contributed by atoms with E-state index in [4.69, 9.17) is 5.11 Å². The molecule has 24 heavy (non-hydrogen) atoms. The van der Waals surface area contributed by atoms with Gasteiger partial charge in [-0.1, -0.05) is 0 Å². The van der Waals surface area contributed by atoms with E-state index in [9.17, 15) is 39.2 Å². The number of carbonyl (C=O) groups excluding carboxylic acids is 2. The maximum Gasteiger partial charge on any atom is 0.492 e. The smallest absolute Gasteiger partial charge is 0.492 e. The number of rotatable bonds is 8. The highest BCUT2D eigenvalue weighted by molar-refractivity contribution is 7.92. The van der Waals surface area contributed by atoms with Crippen molar-refractivity contribution in [3.05, 3.63) is 20.2 Å². The minimum atomic E-state index is -2.46. The van der Waals surface area contributed by atoms with E-state index < -0.39 is 75.1 Å². The number of carboxylic acids is 1. The summed E-state index contributed by atoms with van der Waals surface area (Å²) in [4.78, 5) is 53.6. The summed E-state index contributed by atoms with van der Waals surface area (Å²) in [5, 5.41) is 32.4. The molecule has 0 bridgehead atoms. The van der Waals surface area contributed by atoms with Gasteiger partial charge >= 0.3 is 11.6 Å². The second-order valence-electron chi connectivity index (χ2n) is 5.09. The Balaban J connectivity index is 2.57. The van der Waals surface area contributed by atoms with Crippen LogP contribution in [-0.2, 0) is 25.6 Å². The molecule has 0 saturated carbocycles. The van der Waals surface area contributed by atoms with Gasteiger partial charge in [-0.15, -0.1) is 0 Å². The summed E-state index contributed by atoms with van der Waals surface area (Å²) in [5.41, 5.74) is -2.46. The molecule has 2 amide bonds. The first-order valence-electron chi connectivity index (χ1n) is 6.41. The Hall–Kier alpha value is -2.48. The zero-order valence-corrected chi connectivity index (χ0v) is 13.2. The molecular formula is C10H14N4O9S. The minimum absolute atomic E-state index is 0.538. The fourth-order valence-corrected chi connectivity index (χ4v) is 3.11. The molecule has 0 aromatic rings. The van der Waals surface area contributed by atoms with E-state index >= 15 is 0 Å². The van der Waals surface area contributed by atoms with Gasteiger partial charge in [-0.3, -0.25) is 29.8 Å². The van der Waals surface area contributed by atoms with E-state index in [0.29, 0.717) is 0 Å². The summed E-state index contributed by atoms with van der Waals surface area (Å²) < 4.78 is 11.8. The second kappa shape index (κ2) is 7.39. The molecule has 1 saturated heterocycles. The zero-order valence-electron chi connectivity index (χ0n) is 12.4. The van der Waals surface area contributed by atoms with E-state index in [0.717, 1.165) is 11.8 Å². The van der Waals surface area contributed by atoms with Crippen LogP contribution in [0, 0.1) is 20.2 Å². The monoisotopic (exact) mass is 366 g/mol. The number of likely N-dealkylation sites (tertiary alicyclic amines) is 1. The van der Waals surface area contributed by atoms with Crippen molar-refractivity contribution in [2.24, 2.45) is 0 Å². The molecule has 0 aromatic carbocycles. The van der Waals surface area contributed by atoms with Gasteiger partial charge in [0.15, 0.2) is 24.9 Å². The van der Waals surface area contributed by atoms with E-state index in [1.807, 2.05) is 5.32 Å². The van der Waals surface area contributed by atoms with Crippen LogP contribution in [0.5, 0.6) is 0 Å². The van der Waals surface area contributed by atoms with Crippen molar-refractivity contribution in [1.82, 2.24) is 10.2 Å². The Labute approximate surface area is 137 Å². The number of carbonyl (C=O) groups is 3. The van der Waals surface area contributed by atoms with Crippen LogP contribution in [-0.4, -0.2) is 78.5 Å². The van der Waals surface area contributed by atoms with Gasteiger partial charge in [-0.25, -0.2) is 4.79 Å². The SMILES string of the molecule is CC(=O)N[C@@H](C[S+]([O-])CC(=O)N1CC([N+](=O)[O-])([N+](=O)[O-])C1)C(=O)O. The minimum Gasteiger partial charge on any atom is -0.616 e. The molecule has 1 rings (SSSR count). The number of nitrogens with zero attached hydrogens (tertiary/aromatic N) is 3. The van der Waals surface area contributed by atoms with Gasteiger partial charge < -0.3 is 19.9 Å². The van der Waals surface area contributed by atoms with Crippen LogP contribution in [0.15, 0.2) is 0 Å². The molecular weight excluding hydrogens is 352 g/mol. The average molecular weight is 366 g/mol. The second-order valence-corrected chi connectivity index (χ2v) is 6.59. The highest BCUT2D eigenvalue weighted by Crippen LogP contribution is 2.25. The molecule has 0 aliphatic carbocycles. The topological polar surface area (TPSA) is 196 Å². The van der Waals surface area contributed by atoms with E-state index in [2.05, 4.69) is 0 Å². The zero-order chi connectivity index (χ0) is 18.7. The Morgan fingerprint density at radius 2 is 1.79 bits per heavy atom. The Bertz CT molecular complexity index is 561. The van der Waals surface area contributed by atoms with Gasteiger partial charge in [-0.2, -0.15) is 0 Å². The summed E-state index contributed by atoms with van der Waals surface area (Å²) in [6.45, 7) is -0.437. The lowest BCUT2D eigenvalue weighted by Gasteiger charge is -2.35. The van der Waals surface area contributed by atoms with Crippen LogP contribution >= 0.6 is 0 Å². The van der Waals surface area contributed by atoms with Crippen molar-refractivity contribution in [2.75, 3.05) is 24.6 Å². The van der Waals surface area contributed by atoms with Crippen molar-refractivity contribution in [1.29, 1.82) is 0 Å². The summed E-state index contributed by atoms with van der Waals surface area (Å²) in [7, 11) is 0. The average Bonchev–Trinajstić information content (AvgIpc) is 2.34. The van der Waals surface area contributed by atoms with Gasteiger partial charge in [0.25, 0.3) is 5.91 Å². The van der Waals surface area contributed by atoms with E-state index in [-0.39, 0.29) is 0 Å². The van der Waals surface area contributed by atoms with Gasteiger partial charge in [-0.05, 0) is 11.2 Å². The van der Waals surface area contributed by atoms with Crippen LogP contribution in [0.25, 0.3) is 0 Å². The number of nitrogens with one attached hydrogen (secondary N) is 1. The molecule has 13 nitrogen and oxygen atoms in total. The highest BCUT2D eigenvalue weighted by atomic mass is 32.2. The summed E-state index contributed by atoms with van der Waals surface area (Å²) in [6.07, 6.45) is 0. The lowest BCUT2D eigenvalue weighted by atomic mass is 10.0. The molecule has 1 fully saturated rings. The lowest BCUT2D eigenvalue weighted by Crippen LogP contribution is -2.71. The maximum absolute atomic E-state index is 11.8. The van der Waals surface area contributed by atoms with Crippen LogP contribution < -0.4 is 5.32 Å². The van der Waals surface area contributed by atoms with Gasteiger partial charge in [0.2, 0.25) is 5.91 Å². The predicted octanol–water partition coefficient (Wildman–Crippen LogP) is -2.58. The van der Waals surface area contributed by atoms with Crippen molar-refractivity contribution in [3.8, 4) is 0 Å². The van der Waals surface area contributed by atoms with Crippen LogP contribution in [0.2, 0.25) is 0 Å². The van der Waals surface area contributed by atoms with Gasteiger partial charge in [0, 0.05) is 6.92 Å². The molecule has 0 spiro atoms. The maximum atomic E-state index is 11.8. The first-order chi connectivity index (χ1) is 11.0. The first-order valence-corrected chi connectivity index (χ1v) is 7.90. The Morgan fingerprint density at radius 3 is 2.17 bits per heavy atom. The van der Waals surface area contributed by atoms with Gasteiger partial charge in [0.05, 0.1) is 0 Å². The van der Waals surface area contributed by atoms with Crippen molar-refractivity contribution < 1.29 is 33.9 Å². The molecule has 1 aliphatic heterocycles. The molecule has 0 aromatic heterocycles. The summed E-state index contributed by atoms with van der Waals surface area (Å²) >= 11 is -1.98. The third-order valence-electron chi connectivity index (χ3n) is 3.23. The van der Waals surface area contributed by atoms with Crippen LogP contribution in [0.3, 0.4) is 0 Å². The third-order valence-corrected chi connectivity index (χ3v) is 4.51. The van der Waals surface area contributed by atoms with Crippen molar-refractivity contribution >= 4 is 29.0 Å². The Kier molecular flexibility index (Phi) is 6.03. The van der Waals surface area contributed by atoms with Crippen molar-refractivity contribution in [3.63, 3.8) is 0 Å². The van der Waals surface area contributed by atoms with Crippen LogP contribution in [0.1, 0.15) is 6.92 Å². The Morgan fingerprint density at radius 1 is 1.29 bits per heavy atom. The number of hydrogen-bond donors (Lipinski definition) is 2. The normalized spacial score (nSPS) is 18.0. The molecule has 1 heterocycles. The van der Waals surface area contributed by atoms with Gasteiger partial charge in [0.1, 0.15) is 15.6 Å². The number of amides is 2. The fraction of sp³-hybridized carbons (Fsp3) is 0.700. The first kappa shape index (κ1) is 19.6. The predicted molar refractivity (Wildman–Crippen MR) is 76.4 cm³/mol. The fourth-order valence-electron chi connectivity index (χ4n) is 1.93. The lowest BCUT2D eigenvalue weighted by molar-refractivity contribution is -0.809. The number of hydrogen-bond acceptors (Lipinski definition) is 8. The molecule has 2 N–H and O–H groups in total. The van der Waals surface area contributed by atoms with Crippen molar-refractivity contribution in [2.45, 2.75) is 18.6 Å². The van der Waals surface area contributed by atoms with E-state index in [1.165, 1.54) is 0 Å². The molecule has 1 aliphatic rings. The number of nitro groups is 2. The van der Waals surface area contributed by atoms with E-state index in [1.54, 1.807) is 0 Å². The highest BCUT2D eigenvalue weighted by Gasteiger charge is 2.67. The third kappa shape index (κ3) is 4.29. The number of aliphatic carboxylic acids is 1.